The van der Waals surface area contributed by atoms with E-state index in [4.69, 9.17) is 4.74 Å². The van der Waals surface area contributed by atoms with Crippen molar-refractivity contribution in [3.8, 4) is 10.9 Å². The number of carbonyl (C=O) groups is 1. The fourth-order valence-corrected chi connectivity index (χ4v) is 4.73. The minimum absolute atomic E-state index is 0.0344. The molecule has 7 heteroatoms. The molecular formula is C28H28N4O2S. The van der Waals surface area contributed by atoms with Crippen molar-refractivity contribution < 1.29 is 9.53 Å². The minimum atomic E-state index is 0.0344. The fourth-order valence-electron chi connectivity index (χ4n) is 4.17. The summed E-state index contributed by atoms with van der Waals surface area (Å²) in [5.74, 6) is 1.36. The molecule has 0 spiro atoms. The molecule has 2 heterocycles. The third-order valence-corrected chi connectivity index (χ3v) is 6.76. The van der Waals surface area contributed by atoms with Gasteiger partial charge in [-0.25, -0.2) is 0 Å². The smallest absolute Gasteiger partial charge is 0.298 e. The van der Waals surface area contributed by atoms with Crippen molar-refractivity contribution in [2.75, 3.05) is 26.2 Å². The van der Waals surface area contributed by atoms with Gasteiger partial charge in [0.2, 0.25) is 0 Å². The predicted octanol–water partition coefficient (Wildman–Crippen LogP) is 5.19. The normalized spacial score (nSPS) is 14.1. The topological polar surface area (TPSA) is 58.6 Å². The maximum absolute atomic E-state index is 13.1. The number of nitrogens with zero attached hydrogens (tertiary/aromatic N) is 4. The van der Waals surface area contributed by atoms with E-state index in [0.717, 1.165) is 44.1 Å². The Morgan fingerprint density at radius 3 is 2.46 bits per heavy atom. The van der Waals surface area contributed by atoms with Crippen molar-refractivity contribution in [3.63, 3.8) is 0 Å². The van der Waals surface area contributed by atoms with Crippen LogP contribution in [0.2, 0.25) is 0 Å². The molecule has 3 aromatic carbocycles. The summed E-state index contributed by atoms with van der Waals surface area (Å²) in [5.41, 5.74) is 4.32. The van der Waals surface area contributed by atoms with Gasteiger partial charge < -0.3 is 9.64 Å². The second-order valence-electron chi connectivity index (χ2n) is 8.82. The van der Waals surface area contributed by atoms with Crippen molar-refractivity contribution in [2.45, 2.75) is 19.9 Å². The van der Waals surface area contributed by atoms with Gasteiger partial charge in [-0.2, -0.15) is 9.36 Å². The summed E-state index contributed by atoms with van der Waals surface area (Å²) in [6, 6.07) is 26.1. The third kappa shape index (κ3) is 6.12. The Morgan fingerprint density at radius 2 is 1.69 bits per heavy atom. The molecule has 0 unspecified atom stereocenters. The van der Waals surface area contributed by atoms with Crippen LogP contribution in [0.5, 0.6) is 10.9 Å². The summed E-state index contributed by atoms with van der Waals surface area (Å²) in [7, 11) is 0. The maximum Gasteiger partial charge on any atom is 0.298 e. The molecule has 4 aromatic rings. The highest BCUT2D eigenvalue weighted by Gasteiger charge is 2.22. The van der Waals surface area contributed by atoms with Crippen molar-refractivity contribution in [3.05, 3.63) is 107 Å². The number of benzene rings is 3. The van der Waals surface area contributed by atoms with E-state index < -0.39 is 0 Å². The zero-order chi connectivity index (χ0) is 24.0. The molecule has 0 N–H and O–H groups in total. The molecule has 35 heavy (non-hydrogen) atoms. The van der Waals surface area contributed by atoms with Gasteiger partial charge in [-0.1, -0.05) is 66.2 Å². The van der Waals surface area contributed by atoms with Gasteiger partial charge in [0.15, 0.2) is 5.82 Å². The molecule has 1 saturated heterocycles. The Morgan fingerprint density at radius 1 is 0.914 bits per heavy atom. The highest BCUT2D eigenvalue weighted by Crippen LogP contribution is 2.25. The minimum Gasteiger partial charge on any atom is -0.430 e. The second kappa shape index (κ2) is 10.8. The first-order chi connectivity index (χ1) is 17.1. The second-order valence-corrected chi connectivity index (χ2v) is 9.54. The monoisotopic (exact) mass is 484 g/mol. The molecule has 0 bridgehead atoms. The van der Waals surface area contributed by atoms with Crippen LogP contribution in [0.3, 0.4) is 0 Å². The van der Waals surface area contributed by atoms with Gasteiger partial charge >= 0.3 is 0 Å². The SMILES string of the molecule is Cc1ccc(Cc2nsc(Oc3cccc(C(=O)N4CCN(Cc5ccccc5)CC4)c3)n2)cc1. The van der Waals surface area contributed by atoms with Gasteiger partial charge in [-0.3, -0.25) is 9.69 Å². The maximum atomic E-state index is 13.1. The number of rotatable bonds is 7. The molecule has 1 amide bonds. The molecule has 178 valence electrons. The highest BCUT2D eigenvalue weighted by atomic mass is 32.1. The Bertz CT molecular complexity index is 1270. The van der Waals surface area contributed by atoms with E-state index in [1.54, 1.807) is 6.07 Å². The largest absolute Gasteiger partial charge is 0.430 e. The zero-order valence-corrected chi connectivity index (χ0v) is 20.6. The average molecular weight is 485 g/mol. The standard InChI is InChI=1S/C28H28N4O2S/c1-21-10-12-22(13-11-21)18-26-29-28(35-30-26)34-25-9-5-8-24(19-25)27(33)32-16-14-31(15-17-32)20-23-6-3-2-4-7-23/h2-13,19H,14-18,20H2,1H3. The lowest BCUT2D eigenvalue weighted by Gasteiger charge is -2.34. The van der Waals surface area contributed by atoms with Crippen LogP contribution in [-0.4, -0.2) is 51.2 Å². The first kappa shape index (κ1) is 23.2. The summed E-state index contributed by atoms with van der Waals surface area (Å²) in [4.78, 5) is 22.0. The van der Waals surface area contributed by atoms with Crippen molar-refractivity contribution in [2.24, 2.45) is 0 Å². The quantitative estimate of drug-likeness (QED) is 0.361. The molecule has 1 fully saturated rings. The van der Waals surface area contributed by atoms with E-state index in [-0.39, 0.29) is 5.91 Å². The summed E-state index contributed by atoms with van der Waals surface area (Å²) in [5, 5.41) is 0.478. The predicted molar refractivity (Wildman–Crippen MR) is 138 cm³/mol. The summed E-state index contributed by atoms with van der Waals surface area (Å²) in [6.07, 6.45) is 0.662. The molecule has 0 atom stereocenters. The van der Waals surface area contributed by atoms with Crippen molar-refractivity contribution in [1.29, 1.82) is 0 Å². The number of carbonyl (C=O) groups excluding carboxylic acids is 1. The van der Waals surface area contributed by atoms with E-state index in [0.29, 0.717) is 22.9 Å². The summed E-state index contributed by atoms with van der Waals surface area (Å²) in [6.45, 7) is 6.16. The van der Waals surface area contributed by atoms with Gasteiger partial charge in [0.1, 0.15) is 5.75 Å². The van der Waals surface area contributed by atoms with Crippen molar-refractivity contribution >= 4 is 17.4 Å². The Kier molecular flexibility index (Phi) is 7.16. The zero-order valence-electron chi connectivity index (χ0n) is 19.8. The van der Waals surface area contributed by atoms with Crippen LogP contribution in [0.25, 0.3) is 0 Å². The number of ether oxygens (including phenoxy) is 1. The Hall–Kier alpha value is -3.55. The molecule has 1 aliphatic rings. The molecule has 5 rings (SSSR count). The fraction of sp³-hybridized carbons (Fsp3) is 0.250. The van der Waals surface area contributed by atoms with Crippen LogP contribution < -0.4 is 4.74 Å². The third-order valence-electron chi connectivity index (χ3n) is 6.13. The van der Waals surface area contributed by atoms with Gasteiger partial charge in [0.05, 0.1) is 0 Å². The summed E-state index contributed by atoms with van der Waals surface area (Å²) < 4.78 is 10.4. The molecular weight excluding hydrogens is 456 g/mol. The lowest BCUT2D eigenvalue weighted by atomic mass is 10.1. The van der Waals surface area contributed by atoms with E-state index in [9.17, 15) is 4.79 Å². The van der Waals surface area contributed by atoms with Gasteiger partial charge in [0, 0.05) is 56.2 Å². The lowest BCUT2D eigenvalue weighted by Crippen LogP contribution is -2.48. The van der Waals surface area contributed by atoms with Gasteiger partial charge in [-0.15, -0.1) is 0 Å². The highest BCUT2D eigenvalue weighted by molar-refractivity contribution is 7.07. The number of aromatic nitrogens is 2. The molecule has 0 radical (unpaired) electrons. The van der Waals surface area contributed by atoms with Crippen LogP contribution in [-0.2, 0) is 13.0 Å². The van der Waals surface area contributed by atoms with Crippen LogP contribution >= 0.6 is 11.5 Å². The Labute approximate surface area is 210 Å². The van der Waals surface area contributed by atoms with Gasteiger partial charge in [0.25, 0.3) is 11.1 Å². The molecule has 0 saturated carbocycles. The number of hydrogen-bond donors (Lipinski definition) is 0. The summed E-state index contributed by atoms with van der Waals surface area (Å²) >= 11 is 1.23. The van der Waals surface area contributed by atoms with E-state index in [1.807, 2.05) is 29.2 Å². The van der Waals surface area contributed by atoms with Crippen LogP contribution in [0.4, 0.5) is 0 Å². The van der Waals surface area contributed by atoms with E-state index in [2.05, 4.69) is 69.7 Å². The number of amides is 1. The van der Waals surface area contributed by atoms with Crippen LogP contribution in [0.1, 0.15) is 32.9 Å². The van der Waals surface area contributed by atoms with Crippen LogP contribution in [0.15, 0.2) is 78.9 Å². The first-order valence-corrected chi connectivity index (χ1v) is 12.6. The molecule has 0 aliphatic carbocycles. The van der Waals surface area contributed by atoms with E-state index in [1.165, 1.54) is 22.7 Å². The van der Waals surface area contributed by atoms with Gasteiger partial charge in [-0.05, 0) is 36.2 Å². The first-order valence-electron chi connectivity index (χ1n) is 11.8. The number of aryl methyl sites for hydroxylation is 1. The molecule has 6 nitrogen and oxygen atoms in total. The lowest BCUT2D eigenvalue weighted by molar-refractivity contribution is 0.0628. The molecule has 1 aromatic heterocycles. The number of hydrogen-bond acceptors (Lipinski definition) is 6. The molecule has 1 aliphatic heterocycles. The van der Waals surface area contributed by atoms with Crippen LogP contribution in [0, 0.1) is 6.92 Å². The average Bonchev–Trinajstić information content (AvgIpc) is 3.33. The number of piperazine rings is 1. The van der Waals surface area contributed by atoms with Crippen molar-refractivity contribution in [1.82, 2.24) is 19.2 Å². The Balaban J connectivity index is 1.17. The van der Waals surface area contributed by atoms with E-state index >= 15 is 0 Å².